The van der Waals surface area contributed by atoms with Crippen LogP contribution in [0.5, 0.6) is 0 Å². The minimum Gasteiger partial charge on any atom is -0.481 e. The van der Waals surface area contributed by atoms with Gasteiger partial charge in [0.2, 0.25) is 0 Å². The van der Waals surface area contributed by atoms with Crippen LogP contribution < -0.4 is 0 Å². The molecule has 2 rings (SSSR count). The van der Waals surface area contributed by atoms with Gasteiger partial charge in [0, 0.05) is 31.7 Å². The Labute approximate surface area is 121 Å². The average molecular weight is 288 g/mol. The summed E-state index contributed by atoms with van der Waals surface area (Å²) in [4.78, 5) is 28.5. The fraction of sp³-hybridized carbons (Fsp3) is 0.286. The lowest BCUT2D eigenvalue weighted by Gasteiger charge is -2.19. The minimum absolute atomic E-state index is 0.0849. The number of aromatic nitrogens is 3. The van der Waals surface area contributed by atoms with Crippen molar-refractivity contribution in [1.82, 2.24) is 19.7 Å². The molecule has 1 N–H and O–H groups in total. The van der Waals surface area contributed by atoms with E-state index in [0.717, 1.165) is 5.69 Å². The molecule has 2 aromatic heterocycles. The summed E-state index contributed by atoms with van der Waals surface area (Å²) in [5.74, 6) is -1.22. The van der Waals surface area contributed by atoms with Crippen molar-refractivity contribution in [2.75, 3.05) is 13.1 Å². The second kappa shape index (κ2) is 6.65. The molecule has 2 heterocycles. The van der Waals surface area contributed by atoms with Crippen LogP contribution in [-0.4, -0.2) is 49.7 Å². The molecule has 0 spiro atoms. The van der Waals surface area contributed by atoms with Crippen LogP contribution in [0, 0.1) is 0 Å². The summed E-state index contributed by atoms with van der Waals surface area (Å²) in [6, 6.07) is 5.17. The lowest BCUT2D eigenvalue weighted by Crippen LogP contribution is -2.33. The number of hydrogen-bond donors (Lipinski definition) is 1. The molecule has 0 aliphatic carbocycles. The van der Waals surface area contributed by atoms with Crippen LogP contribution >= 0.6 is 0 Å². The fourth-order valence-corrected chi connectivity index (χ4v) is 1.90. The zero-order valence-electron chi connectivity index (χ0n) is 11.6. The van der Waals surface area contributed by atoms with Crippen LogP contribution in [0.4, 0.5) is 0 Å². The molecule has 0 aromatic carbocycles. The Morgan fingerprint density at radius 3 is 2.81 bits per heavy atom. The number of carboxylic acid groups (broad SMARTS) is 1. The van der Waals surface area contributed by atoms with E-state index in [9.17, 15) is 9.59 Å². The van der Waals surface area contributed by atoms with Crippen molar-refractivity contribution < 1.29 is 14.7 Å². The summed E-state index contributed by atoms with van der Waals surface area (Å²) in [7, 11) is 0. The van der Waals surface area contributed by atoms with Crippen molar-refractivity contribution in [3.8, 4) is 5.69 Å². The normalized spacial score (nSPS) is 10.3. The van der Waals surface area contributed by atoms with Gasteiger partial charge in [0.25, 0.3) is 5.91 Å². The molecule has 0 saturated heterocycles. The maximum Gasteiger partial charge on any atom is 0.305 e. The van der Waals surface area contributed by atoms with Gasteiger partial charge in [0.05, 0.1) is 12.1 Å². The maximum absolute atomic E-state index is 12.4. The fourth-order valence-electron chi connectivity index (χ4n) is 1.90. The predicted octanol–water partition coefficient (Wildman–Crippen LogP) is 1.20. The van der Waals surface area contributed by atoms with E-state index in [2.05, 4.69) is 10.1 Å². The molecule has 2 aromatic rings. The SMILES string of the molecule is CCN(CCC(=O)O)C(=O)c1cc(-n2cccn2)ccn1. The van der Waals surface area contributed by atoms with Crippen LogP contribution in [0.1, 0.15) is 23.8 Å². The Balaban J connectivity index is 2.18. The van der Waals surface area contributed by atoms with Gasteiger partial charge in [-0.2, -0.15) is 5.10 Å². The molecular formula is C14H16N4O3. The van der Waals surface area contributed by atoms with Gasteiger partial charge in [-0.15, -0.1) is 0 Å². The van der Waals surface area contributed by atoms with Gasteiger partial charge in [0.1, 0.15) is 5.69 Å². The van der Waals surface area contributed by atoms with Gasteiger partial charge in [0.15, 0.2) is 0 Å². The van der Waals surface area contributed by atoms with E-state index in [4.69, 9.17) is 5.11 Å². The molecule has 7 heteroatoms. The monoisotopic (exact) mass is 288 g/mol. The maximum atomic E-state index is 12.4. The molecule has 1 amide bonds. The third-order valence-electron chi connectivity index (χ3n) is 3.00. The van der Waals surface area contributed by atoms with Crippen LogP contribution in [0.3, 0.4) is 0 Å². The Kier molecular flexibility index (Phi) is 4.65. The number of hydrogen-bond acceptors (Lipinski definition) is 4. The van der Waals surface area contributed by atoms with Crippen LogP contribution in [0.15, 0.2) is 36.8 Å². The van der Waals surface area contributed by atoms with E-state index in [1.54, 1.807) is 42.2 Å². The van der Waals surface area contributed by atoms with Crippen molar-refractivity contribution in [2.45, 2.75) is 13.3 Å². The summed E-state index contributed by atoms with van der Waals surface area (Å²) in [6.45, 7) is 2.40. The Morgan fingerprint density at radius 1 is 1.38 bits per heavy atom. The molecule has 0 bridgehead atoms. The molecule has 7 nitrogen and oxygen atoms in total. The first kappa shape index (κ1) is 14.7. The smallest absolute Gasteiger partial charge is 0.305 e. The highest BCUT2D eigenvalue weighted by molar-refractivity contribution is 5.93. The minimum atomic E-state index is -0.931. The molecule has 0 radical (unpaired) electrons. The van der Waals surface area contributed by atoms with Crippen LogP contribution in [0.25, 0.3) is 5.69 Å². The zero-order valence-corrected chi connectivity index (χ0v) is 11.6. The van der Waals surface area contributed by atoms with Gasteiger partial charge in [-0.05, 0) is 25.1 Å². The summed E-state index contributed by atoms with van der Waals surface area (Å²) >= 11 is 0. The molecule has 110 valence electrons. The Bertz CT molecular complexity index is 625. The summed E-state index contributed by atoms with van der Waals surface area (Å²) in [5, 5.41) is 12.8. The van der Waals surface area contributed by atoms with Gasteiger partial charge >= 0.3 is 5.97 Å². The van der Waals surface area contributed by atoms with Gasteiger partial charge in [-0.1, -0.05) is 0 Å². The van der Waals surface area contributed by atoms with Crippen LogP contribution in [-0.2, 0) is 4.79 Å². The third kappa shape index (κ3) is 3.65. The molecule has 21 heavy (non-hydrogen) atoms. The topological polar surface area (TPSA) is 88.3 Å². The molecular weight excluding hydrogens is 272 g/mol. The first-order valence-electron chi connectivity index (χ1n) is 6.59. The molecule has 0 aliphatic rings. The van der Waals surface area contributed by atoms with E-state index in [0.29, 0.717) is 6.54 Å². The zero-order chi connectivity index (χ0) is 15.2. The van der Waals surface area contributed by atoms with Crippen molar-refractivity contribution in [3.63, 3.8) is 0 Å². The molecule has 0 aliphatic heterocycles. The number of carboxylic acids is 1. The molecule has 0 atom stereocenters. The molecule has 0 fully saturated rings. The summed E-state index contributed by atoms with van der Waals surface area (Å²) in [5.41, 5.74) is 1.00. The standard InChI is InChI=1S/C14H16N4O3/c1-2-17(9-5-13(19)20)14(21)12-10-11(4-7-15-12)18-8-3-6-16-18/h3-4,6-8,10H,2,5,9H2,1H3,(H,19,20). The summed E-state index contributed by atoms with van der Waals surface area (Å²) < 4.78 is 1.63. The first-order valence-corrected chi connectivity index (χ1v) is 6.59. The van der Waals surface area contributed by atoms with Gasteiger partial charge < -0.3 is 10.0 Å². The largest absolute Gasteiger partial charge is 0.481 e. The number of aliphatic carboxylic acids is 1. The van der Waals surface area contributed by atoms with Crippen LogP contribution in [0.2, 0.25) is 0 Å². The lowest BCUT2D eigenvalue weighted by atomic mass is 10.2. The van der Waals surface area contributed by atoms with E-state index in [-0.39, 0.29) is 24.6 Å². The molecule has 0 saturated carbocycles. The second-order valence-corrected chi connectivity index (χ2v) is 4.38. The number of pyridine rings is 1. The van der Waals surface area contributed by atoms with Crippen molar-refractivity contribution in [2.24, 2.45) is 0 Å². The van der Waals surface area contributed by atoms with Crippen molar-refractivity contribution >= 4 is 11.9 Å². The third-order valence-corrected chi connectivity index (χ3v) is 3.00. The second-order valence-electron chi connectivity index (χ2n) is 4.38. The van der Waals surface area contributed by atoms with E-state index in [1.807, 2.05) is 0 Å². The molecule has 0 unspecified atom stereocenters. The lowest BCUT2D eigenvalue weighted by molar-refractivity contribution is -0.137. The highest BCUT2D eigenvalue weighted by Gasteiger charge is 2.17. The summed E-state index contributed by atoms with van der Waals surface area (Å²) in [6.07, 6.45) is 4.87. The van der Waals surface area contributed by atoms with E-state index >= 15 is 0 Å². The Morgan fingerprint density at radius 2 is 2.19 bits per heavy atom. The quantitative estimate of drug-likeness (QED) is 0.863. The highest BCUT2D eigenvalue weighted by Crippen LogP contribution is 2.09. The number of rotatable bonds is 6. The van der Waals surface area contributed by atoms with E-state index in [1.165, 1.54) is 11.1 Å². The number of nitrogens with zero attached hydrogens (tertiary/aromatic N) is 4. The van der Waals surface area contributed by atoms with Gasteiger partial charge in [-0.3, -0.25) is 14.6 Å². The van der Waals surface area contributed by atoms with Gasteiger partial charge in [-0.25, -0.2) is 4.68 Å². The highest BCUT2D eigenvalue weighted by atomic mass is 16.4. The number of carbonyl (C=O) groups excluding carboxylic acids is 1. The average Bonchev–Trinajstić information content (AvgIpc) is 3.02. The van der Waals surface area contributed by atoms with E-state index < -0.39 is 5.97 Å². The first-order chi connectivity index (χ1) is 10.1. The number of amides is 1. The predicted molar refractivity (Wildman–Crippen MR) is 75.2 cm³/mol. The van der Waals surface area contributed by atoms with Crippen molar-refractivity contribution in [1.29, 1.82) is 0 Å². The Hall–Kier alpha value is -2.70. The van der Waals surface area contributed by atoms with Crippen molar-refractivity contribution in [3.05, 3.63) is 42.5 Å². The number of carbonyl (C=O) groups is 2.